The van der Waals surface area contributed by atoms with Crippen molar-refractivity contribution < 1.29 is 14.6 Å². The van der Waals surface area contributed by atoms with Gasteiger partial charge in [-0.2, -0.15) is 5.26 Å². The van der Waals surface area contributed by atoms with Crippen molar-refractivity contribution in [2.45, 2.75) is 13.3 Å². The molecule has 0 radical (unpaired) electrons. The zero-order valence-electron chi connectivity index (χ0n) is 12.5. The predicted molar refractivity (Wildman–Crippen MR) is 86.2 cm³/mol. The molecule has 0 spiro atoms. The van der Waals surface area contributed by atoms with Crippen LogP contribution in [0, 0.1) is 11.3 Å². The van der Waals surface area contributed by atoms with E-state index in [2.05, 4.69) is 15.5 Å². The summed E-state index contributed by atoms with van der Waals surface area (Å²) in [5, 5.41) is 30.1. The van der Waals surface area contributed by atoms with E-state index < -0.39 is 5.91 Å². The Bertz CT molecular complexity index is 792. The van der Waals surface area contributed by atoms with Crippen molar-refractivity contribution in [3.05, 3.63) is 34.3 Å². The number of amides is 1. The molecule has 1 aromatic heterocycles. The van der Waals surface area contributed by atoms with Gasteiger partial charge < -0.3 is 9.84 Å². The number of hydrogen-bond donors (Lipinski definition) is 2. The van der Waals surface area contributed by atoms with Crippen LogP contribution in [0.5, 0.6) is 11.5 Å². The maximum absolute atomic E-state index is 12.1. The Morgan fingerprint density at radius 2 is 2.30 bits per heavy atom. The van der Waals surface area contributed by atoms with Crippen molar-refractivity contribution in [2.24, 2.45) is 0 Å². The van der Waals surface area contributed by atoms with Crippen LogP contribution in [0.4, 0.5) is 5.13 Å². The van der Waals surface area contributed by atoms with Gasteiger partial charge in [0, 0.05) is 0 Å². The normalized spacial score (nSPS) is 10.9. The molecule has 0 saturated carbocycles. The van der Waals surface area contributed by atoms with Crippen molar-refractivity contribution in [1.82, 2.24) is 10.2 Å². The molecule has 0 bridgehead atoms. The second kappa shape index (κ2) is 7.38. The average Bonchev–Trinajstić information content (AvgIpc) is 3.01. The van der Waals surface area contributed by atoms with Crippen LogP contribution in [0.3, 0.4) is 0 Å². The molecule has 2 N–H and O–H groups in total. The lowest BCUT2D eigenvalue weighted by Gasteiger charge is -2.04. The summed E-state index contributed by atoms with van der Waals surface area (Å²) in [4.78, 5) is 12.1. The Labute approximate surface area is 136 Å². The molecular weight excluding hydrogens is 316 g/mol. The number of phenolic OH excluding ortho intramolecular Hbond substituents is 1. The molecule has 118 valence electrons. The number of carbonyl (C=O) groups excluding carboxylic acids is 1. The van der Waals surface area contributed by atoms with Crippen molar-refractivity contribution in [2.75, 3.05) is 12.4 Å². The minimum Gasteiger partial charge on any atom is -0.504 e. The van der Waals surface area contributed by atoms with E-state index in [1.165, 1.54) is 36.7 Å². The summed E-state index contributed by atoms with van der Waals surface area (Å²) in [6.07, 6.45) is 2.13. The molecule has 1 aromatic carbocycles. The van der Waals surface area contributed by atoms with Gasteiger partial charge in [0.05, 0.1) is 7.11 Å². The van der Waals surface area contributed by atoms with Gasteiger partial charge in [-0.3, -0.25) is 10.1 Å². The molecule has 0 atom stereocenters. The molecule has 2 aromatic rings. The topological polar surface area (TPSA) is 108 Å². The van der Waals surface area contributed by atoms with Gasteiger partial charge in [-0.05, 0) is 30.2 Å². The van der Waals surface area contributed by atoms with Crippen LogP contribution in [0.2, 0.25) is 0 Å². The molecule has 0 fully saturated rings. The van der Waals surface area contributed by atoms with Gasteiger partial charge in [0.2, 0.25) is 5.13 Å². The monoisotopic (exact) mass is 330 g/mol. The first kappa shape index (κ1) is 16.5. The Morgan fingerprint density at radius 3 is 2.91 bits per heavy atom. The molecule has 0 unspecified atom stereocenters. The quantitative estimate of drug-likeness (QED) is 0.643. The summed E-state index contributed by atoms with van der Waals surface area (Å²) in [6.45, 7) is 1.94. The SMILES string of the molecule is CCc1nnc(NC(=O)C(C#N)=Cc2ccc(O)c(OC)c2)s1. The van der Waals surface area contributed by atoms with Gasteiger partial charge in [0.15, 0.2) is 11.5 Å². The highest BCUT2D eigenvalue weighted by Crippen LogP contribution is 2.27. The van der Waals surface area contributed by atoms with Crippen LogP contribution in [0.25, 0.3) is 6.08 Å². The summed E-state index contributed by atoms with van der Waals surface area (Å²) in [5.41, 5.74) is 0.462. The number of phenols is 1. The molecule has 0 aliphatic rings. The number of carbonyl (C=O) groups is 1. The van der Waals surface area contributed by atoms with Gasteiger partial charge in [-0.25, -0.2) is 0 Å². The highest BCUT2D eigenvalue weighted by molar-refractivity contribution is 7.15. The molecule has 2 rings (SSSR count). The van der Waals surface area contributed by atoms with Gasteiger partial charge in [0.25, 0.3) is 5.91 Å². The number of hydrogen-bond acceptors (Lipinski definition) is 7. The van der Waals surface area contributed by atoms with Crippen molar-refractivity contribution in [3.63, 3.8) is 0 Å². The minimum absolute atomic E-state index is 0.0198. The minimum atomic E-state index is -0.571. The van der Waals surface area contributed by atoms with Crippen LogP contribution in [-0.2, 0) is 11.2 Å². The fourth-order valence-electron chi connectivity index (χ4n) is 1.71. The first-order valence-corrected chi connectivity index (χ1v) is 7.51. The predicted octanol–water partition coefficient (Wildman–Crippen LogP) is 2.36. The number of methoxy groups -OCH3 is 1. The molecule has 1 amide bonds. The third kappa shape index (κ3) is 4.05. The number of anilines is 1. The zero-order chi connectivity index (χ0) is 16.8. The van der Waals surface area contributed by atoms with Crippen molar-refractivity contribution in [3.8, 4) is 17.6 Å². The number of benzene rings is 1. The lowest BCUT2D eigenvalue weighted by atomic mass is 10.1. The Kier molecular flexibility index (Phi) is 5.28. The third-order valence-corrected chi connectivity index (χ3v) is 3.85. The summed E-state index contributed by atoms with van der Waals surface area (Å²) in [6, 6.07) is 6.37. The lowest BCUT2D eigenvalue weighted by molar-refractivity contribution is -0.112. The van der Waals surface area contributed by atoms with E-state index in [1.807, 2.05) is 13.0 Å². The standard InChI is InChI=1S/C15H14N4O3S/c1-3-13-18-19-15(23-13)17-14(21)10(8-16)6-9-4-5-11(20)12(7-9)22-2/h4-7,20H,3H2,1-2H3,(H,17,19,21). The van der Waals surface area contributed by atoms with E-state index in [9.17, 15) is 15.2 Å². The van der Waals surface area contributed by atoms with Crippen LogP contribution in [0.15, 0.2) is 23.8 Å². The number of nitrogens with zero attached hydrogens (tertiary/aromatic N) is 3. The highest BCUT2D eigenvalue weighted by Gasteiger charge is 2.13. The zero-order valence-corrected chi connectivity index (χ0v) is 13.3. The maximum Gasteiger partial charge on any atom is 0.268 e. The molecule has 0 saturated heterocycles. The summed E-state index contributed by atoms with van der Waals surface area (Å²) >= 11 is 1.26. The molecule has 8 heteroatoms. The Morgan fingerprint density at radius 1 is 1.52 bits per heavy atom. The Balaban J connectivity index is 2.21. The van der Waals surface area contributed by atoms with Gasteiger partial charge >= 0.3 is 0 Å². The second-order valence-corrected chi connectivity index (χ2v) is 5.47. The van der Waals surface area contributed by atoms with E-state index in [-0.39, 0.29) is 17.1 Å². The van der Waals surface area contributed by atoms with E-state index >= 15 is 0 Å². The number of aromatic hydroxyl groups is 1. The molecule has 1 heterocycles. The first-order chi connectivity index (χ1) is 11.1. The molecule has 7 nitrogen and oxygen atoms in total. The number of aromatic nitrogens is 2. The van der Waals surface area contributed by atoms with Crippen LogP contribution < -0.4 is 10.1 Å². The Hall–Kier alpha value is -2.92. The lowest BCUT2D eigenvalue weighted by Crippen LogP contribution is -2.13. The summed E-state index contributed by atoms with van der Waals surface area (Å²) in [7, 11) is 1.42. The van der Waals surface area contributed by atoms with Crippen LogP contribution >= 0.6 is 11.3 Å². The van der Waals surface area contributed by atoms with E-state index in [0.29, 0.717) is 10.7 Å². The third-order valence-electron chi connectivity index (χ3n) is 2.87. The van der Waals surface area contributed by atoms with Gasteiger partial charge in [-0.1, -0.05) is 24.3 Å². The van der Waals surface area contributed by atoms with Crippen LogP contribution in [-0.4, -0.2) is 28.3 Å². The first-order valence-electron chi connectivity index (χ1n) is 6.70. The number of rotatable bonds is 5. The van der Waals surface area contributed by atoms with Crippen molar-refractivity contribution >= 4 is 28.5 Å². The molecular formula is C15H14N4O3S. The summed E-state index contributed by atoms with van der Waals surface area (Å²) in [5.74, 6) is -0.333. The van der Waals surface area contributed by atoms with E-state index in [1.54, 1.807) is 6.07 Å². The van der Waals surface area contributed by atoms with Gasteiger partial charge in [-0.15, -0.1) is 10.2 Å². The fourth-order valence-corrected chi connectivity index (χ4v) is 2.39. The number of aryl methyl sites for hydroxylation is 1. The van der Waals surface area contributed by atoms with E-state index in [4.69, 9.17) is 4.74 Å². The van der Waals surface area contributed by atoms with Crippen molar-refractivity contribution in [1.29, 1.82) is 5.26 Å². The highest BCUT2D eigenvalue weighted by atomic mass is 32.1. The van der Waals surface area contributed by atoms with Crippen LogP contribution in [0.1, 0.15) is 17.5 Å². The number of nitrogens with one attached hydrogen (secondary N) is 1. The largest absolute Gasteiger partial charge is 0.504 e. The molecule has 0 aliphatic heterocycles. The maximum atomic E-state index is 12.1. The molecule has 23 heavy (non-hydrogen) atoms. The smallest absolute Gasteiger partial charge is 0.268 e. The number of nitriles is 1. The summed E-state index contributed by atoms with van der Waals surface area (Å²) < 4.78 is 4.99. The number of ether oxygens (including phenoxy) is 1. The average molecular weight is 330 g/mol. The second-order valence-electron chi connectivity index (χ2n) is 4.41. The molecule has 0 aliphatic carbocycles. The van der Waals surface area contributed by atoms with E-state index in [0.717, 1.165) is 11.4 Å². The fraction of sp³-hybridized carbons (Fsp3) is 0.200. The van der Waals surface area contributed by atoms with Gasteiger partial charge in [0.1, 0.15) is 16.6 Å².